The third-order valence-electron chi connectivity index (χ3n) is 3.53. The van der Waals surface area contributed by atoms with Crippen molar-refractivity contribution in [3.8, 4) is 5.75 Å². The minimum Gasteiger partial charge on any atom is -0.486 e. The van der Waals surface area contributed by atoms with Gasteiger partial charge in [-0.05, 0) is 39.1 Å². The van der Waals surface area contributed by atoms with Crippen LogP contribution in [0.15, 0.2) is 54.7 Å². The molecule has 5 heteroatoms. The van der Waals surface area contributed by atoms with Crippen LogP contribution in [0.3, 0.4) is 0 Å². The monoisotopic (exact) mass is 361 g/mol. The highest BCUT2D eigenvalue weighted by Crippen LogP contribution is 2.20. The summed E-state index contributed by atoms with van der Waals surface area (Å²) < 4.78 is 19.5. The number of hydrogen-bond donors (Lipinski definition) is 1. The van der Waals surface area contributed by atoms with E-state index in [0.29, 0.717) is 0 Å². The first-order valence-corrected chi connectivity index (χ1v) is 8.56. The van der Waals surface area contributed by atoms with Crippen molar-refractivity contribution in [1.82, 2.24) is 4.90 Å². The van der Waals surface area contributed by atoms with Gasteiger partial charge in [-0.2, -0.15) is 0 Å². The van der Waals surface area contributed by atoms with Crippen LogP contribution in [0.25, 0.3) is 0 Å². The number of carbonyl (C=O) groups is 1. The normalized spacial score (nSPS) is 12.2. The second-order valence-electron chi connectivity index (χ2n) is 6.38. The van der Waals surface area contributed by atoms with Gasteiger partial charge in [0.25, 0.3) is 0 Å². The van der Waals surface area contributed by atoms with Crippen LogP contribution in [0.4, 0.5) is 4.39 Å². The quantitative estimate of drug-likeness (QED) is 0.481. The highest BCUT2D eigenvalue weighted by Gasteiger charge is 2.13. The molecule has 26 heavy (non-hydrogen) atoms. The summed E-state index contributed by atoms with van der Waals surface area (Å²) in [6, 6.07) is 4.10. The van der Waals surface area contributed by atoms with Gasteiger partial charge in [-0.1, -0.05) is 29.9 Å². The Labute approximate surface area is 155 Å². The molecule has 0 fully saturated rings. The van der Waals surface area contributed by atoms with Gasteiger partial charge in [-0.15, -0.1) is 6.58 Å². The van der Waals surface area contributed by atoms with Crippen LogP contribution in [0, 0.1) is 5.82 Å². The van der Waals surface area contributed by atoms with E-state index in [2.05, 4.69) is 11.5 Å². The van der Waals surface area contributed by atoms with Crippen molar-refractivity contribution in [3.05, 3.63) is 66.0 Å². The highest BCUT2D eigenvalue weighted by molar-refractivity contribution is 5.96. The van der Waals surface area contributed by atoms with E-state index in [0.717, 1.165) is 24.7 Å². The smallest absolute Gasteiger partial charge is 0.165 e. The van der Waals surface area contributed by atoms with E-state index in [9.17, 15) is 14.3 Å². The number of Topliss-reactive ketones (excluding diaryl/α,β-unsaturated/α-hetero) is 1. The van der Waals surface area contributed by atoms with Gasteiger partial charge in [0, 0.05) is 25.1 Å². The molecule has 0 aliphatic carbocycles. The maximum Gasteiger partial charge on any atom is 0.165 e. The largest absolute Gasteiger partial charge is 0.486 e. The molecule has 1 aromatic rings. The molecule has 0 saturated carbocycles. The summed E-state index contributed by atoms with van der Waals surface area (Å²) >= 11 is 0. The zero-order chi connectivity index (χ0) is 19.5. The molecule has 0 amide bonds. The number of carbonyl (C=O) groups excluding carboxylic acids is 1. The molecule has 0 heterocycles. The average Bonchev–Trinajstić information content (AvgIpc) is 2.55. The van der Waals surface area contributed by atoms with Gasteiger partial charge in [-0.3, -0.25) is 9.69 Å². The molecule has 1 unspecified atom stereocenters. The van der Waals surface area contributed by atoms with E-state index in [1.165, 1.54) is 12.1 Å². The molecule has 1 aromatic carbocycles. The lowest BCUT2D eigenvalue weighted by Crippen LogP contribution is -2.17. The van der Waals surface area contributed by atoms with Gasteiger partial charge < -0.3 is 9.84 Å². The van der Waals surface area contributed by atoms with Crippen LogP contribution >= 0.6 is 0 Å². The summed E-state index contributed by atoms with van der Waals surface area (Å²) in [5.74, 6) is -0.814. The molecule has 4 nitrogen and oxygen atoms in total. The Morgan fingerprint density at radius 2 is 2.08 bits per heavy atom. The second kappa shape index (κ2) is 11.4. The molecule has 1 rings (SSSR count). The van der Waals surface area contributed by atoms with E-state index in [1.807, 2.05) is 39.1 Å². The molecule has 0 aliphatic rings. The number of likely N-dealkylation sites (N-methyl/N-ethyl adjacent to an activating group) is 1. The lowest BCUT2D eigenvalue weighted by Gasteiger charge is -2.10. The molecule has 142 valence electrons. The fourth-order valence-corrected chi connectivity index (χ4v) is 2.30. The van der Waals surface area contributed by atoms with Crippen molar-refractivity contribution < 1.29 is 19.0 Å². The van der Waals surface area contributed by atoms with Crippen LogP contribution in [0.5, 0.6) is 5.75 Å². The number of hydrogen-bond acceptors (Lipinski definition) is 4. The van der Waals surface area contributed by atoms with Crippen molar-refractivity contribution in [2.45, 2.75) is 26.4 Å². The molecule has 0 aliphatic heterocycles. The number of ether oxygens (including phenoxy) is 1. The maximum absolute atomic E-state index is 14.1. The Balaban J connectivity index is 2.56. The van der Waals surface area contributed by atoms with Gasteiger partial charge >= 0.3 is 0 Å². The van der Waals surface area contributed by atoms with Gasteiger partial charge in [-0.25, -0.2) is 4.39 Å². The Morgan fingerprint density at radius 3 is 2.69 bits per heavy atom. The minimum atomic E-state index is -0.865. The fourth-order valence-electron chi connectivity index (χ4n) is 2.30. The number of benzene rings is 1. The van der Waals surface area contributed by atoms with Crippen LogP contribution in [-0.4, -0.2) is 48.6 Å². The number of ketones is 1. The van der Waals surface area contributed by atoms with E-state index >= 15 is 0 Å². The predicted octanol–water partition coefficient (Wildman–Crippen LogP) is 3.78. The highest BCUT2D eigenvalue weighted by atomic mass is 19.1. The van der Waals surface area contributed by atoms with Crippen molar-refractivity contribution >= 4 is 5.78 Å². The molecule has 0 spiro atoms. The lowest BCUT2D eigenvalue weighted by molar-refractivity contribution is 0.0921. The van der Waals surface area contributed by atoms with Gasteiger partial charge in [0.15, 0.2) is 17.3 Å². The number of nitrogens with zero attached hydrogens (tertiary/aromatic N) is 1. The molecule has 1 atom stereocenters. The molecular formula is C21H28FNO3. The summed E-state index contributed by atoms with van der Waals surface area (Å²) in [4.78, 5) is 14.2. The molecule has 1 N–H and O–H groups in total. The molecular weight excluding hydrogens is 333 g/mol. The van der Waals surface area contributed by atoms with Crippen molar-refractivity contribution in [3.63, 3.8) is 0 Å². The molecule has 0 saturated heterocycles. The Morgan fingerprint density at radius 1 is 1.35 bits per heavy atom. The Kier molecular flexibility index (Phi) is 9.55. The summed E-state index contributed by atoms with van der Waals surface area (Å²) in [7, 11) is 1.97. The predicted molar refractivity (Wildman–Crippen MR) is 103 cm³/mol. The molecule has 0 bridgehead atoms. The van der Waals surface area contributed by atoms with E-state index < -0.39 is 11.9 Å². The zero-order valence-electron chi connectivity index (χ0n) is 15.7. The van der Waals surface area contributed by atoms with Crippen LogP contribution in [-0.2, 0) is 0 Å². The number of halogens is 1. The summed E-state index contributed by atoms with van der Waals surface area (Å²) in [5, 5.41) is 9.78. The molecule has 0 radical (unpaired) electrons. The molecule has 0 aromatic heterocycles. The second-order valence-corrected chi connectivity index (χ2v) is 6.38. The minimum absolute atomic E-state index is 0.0776. The topological polar surface area (TPSA) is 49.8 Å². The van der Waals surface area contributed by atoms with Crippen LogP contribution in [0.1, 0.15) is 30.6 Å². The average molecular weight is 361 g/mol. The SMILES string of the molecule is C=CCN(C)C/C=C/COc1ccc(C(=O)CC(O)C=C(C)C)cc1F. The third kappa shape index (κ3) is 8.23. The Bertz CT molecular complexity index is 663. The lowest BCUT2D eigenvalue weighted by atomic mass is 10.0. The first-order valence-electron chi connectivity index (χ1n) is 8.56. The van der Waals surface area contributed by atoms with Gasteiger partial charge in [0.05, 0.1) is 6.10 Å². The number of aliphatic hydroxyl groups excluding tert-OH is 1. The summed E-state index contributed by atoms with van der Waals surface area (Å²) in [6.45, 7) is 9.13. The zero-order valence-corrected chi connectivity index (χ0v) is 15.7. The number of rotatable bonds is 11. The van der Waals surface area contributed by atoms with Crippen LogP contribution in [0.2, 0.25) is 0 Å². The summed E-state index contributed by atoms with van der Waals surface area (Å²) in [6.07, 6.45) is 6.23. The van der Waals surface area contributed by atoms with Gasteiger partial charge in [0.2, 0.25) is 0 Å². The van der Waals surface area contributed by atoms with Gasteiger partial charge in [0.1, 0.15) is 6.61 Å². The number of allylic oxidation sites excluding steroid dienone is 1. The maximum atomic E-state index is 14.1. The van der Waals surface area contributed by atoms with E-state index in [1.54, 1.807) is 6.08 Å². The Hall–Kier alpha value is -2.24. The first kappa shape index (κ1) is 21.8. The van der Waals surface area contributed by atoms with Crippen molar-refractivity contribution in [1.29, 1.82) is 0 Å². The standard InChI is InChI=1S/C21H28FNO3/c1-5-10-23(4)11-6-7-12-26-21-9-8-17(14-19(21)22)20(25)15-18(24)13-16(2)3/h5-9,13-14,18,24H,1,10-12,15H2,2-4H3/b7-6+. The first-order chi connectivity index (χ1) is 12.3. The van der Waals surface area contributed by atoms with E-state index in [4.69, 9.17) is 4.74 Å². The van der Waals surface area contributed by atoms with Crippen molar-refractivity contribution in [2.24, 2.45) is 0 Å². The fraction of sp³-hybridized carbons (Fsp3) is 0.381. The van der Waals surface area contributed by atoms with E-state index in [-0.39, 0.29) is 30.1 Å². The number of aliphatic hydroxyl groups is 1. The van der Waals surface area contributed by atoms with Crippen LogP contribution < -0.4 is 4.74 Å². The van der Waals surface area contributed by atoms with Crippen molar-refractivity contribution in [2.75, 3.05) is 26.7 Å². The summed E-state index contributed by atoms with van der Waals surface area (Å²) in [5.41, 5.74) is 1.14. The third-order valence-corrected chi connectivity index (χ3v) is 3.53.